The van der Waals surface area contributed by atoms with E-state index < -0.39 is 0 Å². The highest BCUT2D eigenvalue weighted by Gasteiger charge is 2.20. The van der Waals surface area contributed by atoms with Gasteiger partial charge in [-0.25, -0.2) is 0 Å². The van der Waals surface area contributed by atoms with Crippen LogP contribution in [-0.4, -0.2) is 6.04 Å². The van der Waals surface area contributed by atoms with Gasteiger partial charge < -0.3 is 9.73 Å². The minimum Gasteiger partial charge on any atom is -0.460 e. The van der Waals surface area contributed by atoms with Crippen LogP contribution in [0.25, 0.3) is 11.3 Å². The van der Waals surface area contributed by atoms with E-state index >= 15 is 0 Å². The minimum atomic E-state index is 0.715. The molecule has 0 aliphatic heterocycles. The van der Waals surface area contributed by atoms with Crippen molar-refractivity contribution in [2.45, 2.75) is 32.4 Å². The SMILES string of the molecule is Cc1ccc(-c2ccc(CNC3CC3)o2)cc1Br. The van der Waals surface area contributed by atoms with Gasteiger partial charge in [-0.15, -0.1) is 0 Å². The first-order chi connectivity index (χ1) is 8.72. The maximum Gasteiger partial charge on any atom is 0.134 e. The van der Waals surface area contributed by atoms with E-state index in [1.807, 2.05) is 6.07 Å². The van der Waals surface area contributed by atoms with Crippen molar-refractivity contribution >= 4 is 15.9 Å². The molecular weight excluding hydrogens is 290 g/mol. The van der Waals surface area contributed by atoms with Crippen LogP contribution in [0.1, 0.15) is 24.2 Å². The molecule has 1 aromatic carbocycles. The van der Waals surface area contributed by atoms with Crippen LogP contribution in [0, 0.1) is 6.92 Å². The summed E-state index contributed by atoms with van der Waals surface area (Å²) in [5.74, 6) is 1.94. The van der Waals surface area contributed by atoms with Crippen LogP contribution in [0.5, 0.6) is 0 Å². The Morgan fingerprint density at radius 2 is 2.11 bits per heavy atom. The summed E-state index contributed by atoms with van der Waals surface area (Å²) in [7, 11) is 0. The zero-order valence-corrected chi connectivity index (χ0v) is 12.0. The maximum absolute atomic E-state index is 5.86. The second-order valence-corrected chi connectivity index (χ2v) is 5.74. The molecule has 0 spiro atoms. The summed E-state index contributed by atoms with van der Waals surface area (Å²) in [6, 6.07) is 11.1. The second-order valence-electron chi connectivity index (χ2n) is 4.89. The van der Waals surface area contributed by atoms with Gasteiger partial charge in [0.25, 0.3) is 0 Å². The van der Waals surface area contributed by atoms with Gasteiger partial charge in [0.05, 0.1) is 6.54 Å². The number of hydrogen-bond acceptors (Lipinski definition) is 2. The van der Waals surface area contributed by atoms with Crippen LogP contribution >= 0.6 is 15.9 Å². The fraction of sp³-hybridized carbons (Fsp3) is 0.333. The summed E-state index contributed by atoms with van der Waals surface area (Å²) >= 11 is 3.55. The summed E-state index contributed by atoms with van der Waals surface area (Å²) in [4.78, 5) is 0. The molecule has 1 aliphatic rings. The molecule has 0 atom stereocenters. The monoisotopic (exact) mass is 305 g/mol. The molecule has 1 aliphatic carbocycles. The lowest BCUT2D eigenvalue weighted by Crippen LogP contribution is -2.14. The highest BCUT2D eigenvalue weighted by Crippen LogP contribution is 2.27. The van der Waals surface area contributed by atoms with Gasteiger partial charge in [-0.1, -0.05) is 28.1 Å². The molecule has 0 radical (unpaired) electrons. The lowest BCUT2D eigenvalue weighted by Gasteiger charge is -2.02. The Hall–Kier alpha value is -1.06. The van der Waals surface area contributed by atoms with E-state index in [0.717, 1.165) is 28.1 Å². The minimum absolute atomic E-state index is 0.715. The van der Waals surface area contributed by atoms with Crippen molar-refractivity contribution in [1.29, 1.82) is 0 Å². The molecule has 1 aromatic heterocycles. The summed E-state index contributed by atoms with van der Waals surface area (Å²) in [6.45, 7) is 2.92. The van der Waals surface area contributed by atoms with Gasteiger partial charge in [0.15, 0.2) is 0 Å². The Morgan fingerprint density at radius 1 is 1.28 bits per heavy atom. The molecule has 94 valence electrons. The quantitative estimate of drug-likeness (QED) is 0.912. The van der Waals surface area contributed by atoms with E-state index in [0.29, 0.717) is 6.04 Å². The molecule has 18 heavy (non-hydrogen) atoms. The molecule has 0 amide bonds. The lowest BCUT2D eigenvalue weighted by molar-refractivity contribution is 0.492. The number of rotatable bonds is 4. The predicted octanol–water partition coefficient (Wildman–Crippen LogP) is 4.27. The molecule has 0 unspecified atom stereocenters. The van der Waals surface area contributed by atoms with E-state index in [4.69, 9.17) is 4.42 Å². The molecule has 3 rings (SSSR count). The van der Waals surface area contributed by atoms with Gasteiger partial charge in [-0.3, -0.25) is 0 Å². The topological polar surface area (TPSA) is 25.2 Å². The van der Waals surface area contributed by atoms with Crippen LogP contribution in [0.3, 0.4) is 0 Å². The summed E-state index contributed by atoms with van der Waals surface area (Å²) in [5, 5.41) is 3.46. The first-order valence-corrected chi connectivity index (χ1v) is 7.10. The van der Waals surface area contributed by atoms with Gasteiger partial charge in [0, 0.05) is 16.1 Å². The smallest absolute Gasteiger partial charge is 0.134 e. The standard InChI is InChI=1S/C15H16BrNO/c1-10-2-3-11(8-14(10)16)15-7-6-13(18-15)9-17-12-4-5-12/h2-3,6-8,12,17H,4-5,9H2,1H3. The van der Waals surface area contributed by atoms with Gasteiger partial charge >= 0.3 is 0 Å². The molecule has 2 aromatic rings. The summed E-state index contributed by atoms with van der Waals surface area (Å²) < 4.78 is 6.98. The molecule has 1 fully saturated rings. The molecule has 1 N–H and O–H groups in total. The highest BCUT2D eigenvalue weighted by atomic mass is 79.9. The van der Waals surface area contributed by atoms with Crippen molar-refractivity contribution in [3.05, 3.63) is 46.1 Å². The molecular formula is C15H16BrNO. The van der Waals surface area contributed by atoms with Crippen LogP contribution in [0.2, 0.25) is 0 Å². The molecule has 0 bridgehead atoms. The Morgan fingerprint density at radius 3 is 2.83 bits per heavy atom. The molecule has 0 saturated heterocycles. The first-order valence-electron chi connectivity index (χ1n) is 6.31. The van der Waals surface area contributed by atoms with E-state index in [9.17, 15) is 0 Å². The molecule has 1 saturated carbocycles. The van der Waals surface area contributed by atoms with Crippen LogP contribution in [0.15, 0.2) is 39.2 Å². The summed E-state index contributed by atoms with van der Waals surface area (Å²) in [5.41, 5.74) is 2.35. The third-order valence-electron chi connectivity index (χ3n) is 3.26. The molecule has 2 nitrogen and oxygen atoms in total. The maximum atomic E-state index is 5.86. The van der Waals surface area contributed by atoms with E-state index in [1.54, 1.807) is 0 Å². The zero-order valence-electron chi connectivity index (χ0n) is 10.4. The Labute approximate surface area is 116 Å². The van der Waals surface area contributed by atoms with Crippen LogP contribution in [0.4, 0.5) is 0 Å². The number of halogens is 1. The largest absolute Gasteiger partial charge is 0.460 e. The van der Waals surface area contributed by atoms with Crippen molar-refractivity contribution in [2.24, 2.45) is 0 Å². The average Bonchev–Trinajstić information content (AvgIpc) is 3.08. The van der Waals surface area contributed by atoms with Gasteiger partial charge in [-0.2, -0.15) is 0 Å². The third-order valence-corrected chi connectivity index (χ3v) is 4.11. The van der Waals surface area contributed by atoms with Crippen molar-refractivity contribution < 1.29 is 4.42 Å². The number of nitrogens with one attached hydrogen (secondary N) is 1. The Bertz CT molecular complexity index is 557. The van der Waals surface area contributed by atoms with Crippen molar-refractivity contribution in [2.75, 3.05) is 0 Å². The van der Waals surface area contributed by atoms with E-state index in [1.165, 1.54) is 18.4 Å². The fourth-order valence-electron chi connectivity index (χ4n) is 1.91. The Balaban J connectivity index is 1.76. The number of hydrogen-bond donors (Lipinski definition) is 1. The van der Waals surface area contributed by atoms with Crippen LogP contribution < -0.4 is 5.32 Å². The van der Waals surface area contributed by atoms with Gasteiger partial charge in [0.2, 0.25) is 0 Å². The number of furan rings is 1. The van der Waals surface area contributed by atoms with Gasteiger partial charge in [0.1, 0.15) is 11.5 Å². The third kappa shape index (κ3) is 2.68. The van der Waals surface area contributed by atoms with Crippen molar-refractivity contribution in [1.82, 2.24) is 5.32 Å². The summed E-state index contributed by atoms with van der Waals surface area (Å²) in [6.07, 6.45) is 2.61. The van der Waals surface area contributed by atoms with Crippen molar-refractivity contribution in [3.8, 4) is 11.3 Å². The zero-order chi connectivity index (χ0) is 12.5. The molecule has 1 heterocycles. The average molecular weight is 306 g/mol. The lowest BCUT2D eigenvalue weighted by atomic mass is 10.1. The van der Waals surface area contributed by atoms with E-state index in [-0.39, 0.29) is 0 Å². The number of benzene rings is 1. The van der Waals surface area contributed by atoms with Crippen LogP contribution in [-0.2, 0) is 6.54 Å². The first kappa shape index (κ1) is 12.0. The predicted molar refractivity (Wildman–Crippen MR) is 76.4 cm³/mol. The second kappa shape index (κ2) is 4.90. The fourth-order valence-corrected chi connectivity index (χ4v) is 2.29. The normalized spacial score (nSPS) is 15.0. The van der Waals surface area contributed by atoms with E-state index in [2.05, 4.69) is 52.4 Å². The van der Waals surface area contributed by atoms with Gasteiger partial charge in [-0.05, 0) is 43.5 Å². The van der Waals surface area contributed by atoms with Crippen molar-refractivity contribution in [3.63, 3.8) is 0 Å². The number of aryl methyl sites for hydroxylation is 1. The Kier molecular flexibility index (Phi) is 3.27. The highest BCUT2D eigenvalue weighted by molar-refractivity contribution is 9.10. The molecule has 3 heteroatoms.